The van der Waals surface area contributed by atoms with E-state index in [2.05, 4.69) is 23.8 Å². The highest BCUT2D eigenvalue weighted by molar-refractivity contribution is 6.45. The summed E-state index contributed by atoms with van der Waals surface area (Å²) in [7, 11) is 4.67. The fourth-order valence-electron chi connectivity index (χ4n) is 12.7. The molecule has 0 spiro atoms. The van der Waals surface area contributed by atoms with Crippen molar-refractivity contribution >= 4 is 138 Å². The Bertz CT molecular complexity index is 4670. The molecule has 0 saturated heterocycles. The summed E-state index contributed by atoms with van der Waals surface area (Å²) in [6, 6.07) is 25.0. The van der Waals surface area contributed by atoms with Gasteiger partial charge in [-0.3, -0.25) is 38.6 Å². The highest BCUT2D eigenvalue weighted by Gasteiger charge is 2.47. The third-order valence-corrected chi connectivity index (χ3v) is 17.5. The number of amides is 6. The zero-order valence-electron chi connectivity index (χ0n) is 58.1. The normalized spacial score (nSPS) is 13.0. The average Bonchev–Trinajstić information content (AvgIpc) is 0.671. The molecule has 2 aliphatic rings. The van der Waals surface area contributed by atoms with Gasteiger partial charge < -0.3 is 58.0 Å². The number of hydrogen-bond donors (Lipinski definition) is 2. The van der Waals surface area contributed by atoms with Crippen molar-refractivity contribution in [2.75, 3.05) is 54.7 Å². The summed E-state index contributed by atoms with van der Waals surface area (Å²) in [5.41, 5.74) is -1.16. The molecule has 0 bridgehead atoms. The molecule has 106 heavy (non-hydrogen) atoms. The molecule has 544 valence electrons. The number of nitrogens with one attached hydrogen (secondary N) is 2. The van der Waals surface area contributed by atoms with Gasteiger partial charge in [-0.25, -0.2) is 28.8 Å². The van der Waals surface area contributed by atoms with Crippen LogP contribution in [0.1, 0.15) is 123 Å². The summed E-state index contributed by atoms with van der Waals surface area (Å²) in [6.07, 6.45) is -0.278. The monoisotopic (exact) mass is 1480 g/mol. The van der Waals surface area contributed by atoms with E-state index in [1.807, 2.05) is 0 Å². The number of ether oxygens (including phenoxy) is 10. The molecular formula is C78H66Cl2N4O22. The van der Waals surface area contributed by atoms with E-state index in [9.17, 15) is 38.4 Å². The lowest BCUT2D eigenvalue weighted by Crippen LogP contribution is -2.54. The van der Waals surface area contributed by atoms with Crippen molar-refractivity contribution in [3.05, 3.63) is 189 Å². The topological polar surface area (TPSA) is 328 Å². The van der Waals surface area contributed by atoms with Gasteiger partial charge in [0.25, 0.3) is 23.6 Å². The Morgan fingerprint density at radius 3 is 0.868 bits per heavy atom. The van der Waals surface area contributed by atoms with E-state index in [-0.39, 0.29) is 160 Å². The van der Waals surface area contributed by atoms with Gasteiger partial charge in [-0.05, 0) is 122 Å². The van der Waals surface area contributed by atoms with Crippen LogP contribution < -0.4 is 29.6 Å². The predicted molar refractivity (Wildman–Crippen MR) is 384 cm³/mol. The Kier molecular flexibility index (Phi) is 22.1. The third kappa shape index (κ3) is 14.8. The van der Waals surface area contributed by atoms with E-state index in [1.165, 1.54) is 150 Å². The second kappa shape index (κ2) is 31.3. The lowest BCUT2D eigenvalue weighted by atomic mass is 9.80. The Balaban J connectivity index is 1.33. The fourth-order valence-corrected chi connectivity index (χ4v) is 12.8. The molecule has 0 radical (unpaired) electrons. The summed E-state index contributed by atoms with van der Waals surface area (Å²) in [6.45, 7) is 12.3. The molecule has 2 N–H and O–H groups in total. The van der Waals surface area contributed by atoms with Crippen molar-refractivity contribution in [2.24, 2.45) is 11.8 Å². The Labute approximate surface area is 614 Å². The van der Waals surface area contributed by atoms with E-state index < -0.39 is 118 Å². The molecule has 0 aromatic heterocycles. The van der Waals surface area contributed by atoms with Gasteiger partial charge in [-0.15, -0.1) is 0 Å². The number of imide groups is 2. The van der Waals surface area contributed by atoms with Crippen molar-refractivity contribution < 1.29 is 105 Å². The van der Waals surface area contributed by atoms with Crippen LogP contribution in [0.15, 0.2) is 145 Å². The van der Waals surface area contributed by atoms with Gasteiger partial charge in [0.2, 0.25) is 11.8 Å². The van der Waals surface area contributed by atoms with Crippen LogP contribution in [0.2, 0.25) is 0 Å². The molecule has 9 aromatic carbocycles. The largest absolute Gasteiger partial charge is 0.465 e. The van der Waals surface area contributed by atoms with Crippen LogP contribution in [0.25, 0.3) is 43.1 Å². The molecule has 2 heterocycles. The summed E-state index contributed by atoms with van der Waals surface area (Å²) in [5.74, 6) is -13.1. The molecule has 28 heteroatoms. The van der Waals surface area contributed by atoms with Crippen LogP contribution in [-0.2, 0) is 47.6 Å². The fraction of sp³-hybridized carbons (Fsp3) is 0.231. The molecule has 0 fully saturated rings. The number of nitrogens with zero attached hydrogens (tertiary/aromatic N) is 2. The molecule has 2 unspecified atom stereocenters. The Hall–Kier alpha value is -12.4. The van der Waals surface area contributed by atoms with Gasteiger partial charge in [0.05, 0.1) is 86.0 Å². The van der Waals surface area contributed by atoms with Crippen LogP contribution in [0.5, 0.6) is 46.0 Å². The molecule has 0 aliphatic carbocycles. The first-order valence-corrected chi connectivity index (χ1v) is 33.6. The van der Waals surface area contributed by atoms with E-state index in [1.54, 1.807) is 27.7 Å². The minimum Gasteiger partial charge on any atom is -0.465 e. The first-order valence-electron chi connectivity index (χ1n) is 32.8. The Morgan fingerprint density at radius 2 is 0.642 bits per heavy atom. The van der Waals surface area contributed by atoms with Crippen LogP contribution in [0.3, 0.4) is 0 Å². The number of esters is 6. The van der Waals surface area contributed by atoms with Gasteiger partial charge in [-0.2, -0.15) is 0 Å². The summed E-state index contributed by atoms with van der Waals surface area (Å²) in [5, 5.41) is 3.83. The number of rotatable bonds is 28. The van der Waals surface area contributed by atoms with Gasteiger partial charge in [0.1, 0.15) is 81.4 Å². The summed E-state index contributed by atoms with van der Waals surface area (Å²) < 4.78 is 58.9. The van der Waals surface area contributed by atoms with Crippen LogP contribution in [-0.4, -0.2) is 148 Å². The highest BCUT2D eigenvalue weighted by Crippen LogP contribution is 2.58. The lowest BCUT2D eigenvalue weighted by molar-refractivity contribution is -0.139. The molecule has 11 rings (SSSR count). The van der Waals surface area contributed by atoms with Crippen LogP contribution in [0.4, 0.5) is 0 Å². The smallest absolute Gasteiger partial charge is 0.349 e. The molecule has 9 aromatic rings. The van der Waals surface area contributed by atoms with Crippen LogP contribution >= 0.6 is 23.2 Å². The lowest BCUT2D eigenvalue weighted by Gasteiger charge is -2.36. The molecule has 2 aliphatic heterocycles. The molecule has 0 saturated carbocycles. The number of hydrogen-bond acceptors (Lipinski definition) is 22. The van der Waals surface area contributed by atoms with Crippen molar-refractivity contribution in [3.63, 3.8) is 0 Å². The van der Waals surface area contributed by atoms with Crippen molar-refractivity contribution in [2.45, 2.75) is 52.6 Å². The van der Waals surface area contributed by atoms with Gasteiger partial charge >= 0.3 is 35.8 Å². The summed E-state index contributed by atoms with van der Waals surface area (Å²) in [4.78, 5) is 174. The zero-order valence-corrected chi connectivity index (χ0v) is 59.7. The van der Waals surface area contributed by atoms with Gasteiger partial charge in [0.15, 0.2) is 0 Å². The second-order valence-corrected chi connectivity index (χ2v) is 26.0. The molecule has 2 atom stereocenters. The SMILES string of the molecule is C=C(Cl)C(=O)OCCNC(=O)C(CC(C)C)N1C(=O)c2cc(Oc3cccc(C(=O)OC)c3)c3c4c(Oc5cccc(C(=O)OC)c5)cc5c6c(cc(Oc7cccc(C(=O)OC)c7)c(c7c(Oc8cccc(C(=O)OC)c8)cc(c2c37)C1=O)c64)C(=O)N(C(CC(C)C)C(=O)NCCOC(=O)C(=C)Cl)C5=O. The summed E-state index contributed by atoms with van der Waals surface area (Å²) >= 11 is 11.5. The Morgan fingerprint density at radius 1 is 0.387 bits per heavy atom. The third-order valence-electron chi connectivity index (χ3n) is 17.2. The van der Waals surface area contributed by atoms with Gasteiger partial charge in [-0.1, -0.05) is 88.3 Å². The maximum atomic E-state index is 16.2. The minimum absolute atomic E-state index is 0.00937. The number of fused-ring (bicyclic) bond motifs is 2. The van der Waals surface area contributed by atoms with Crippen molar-refractivity contribution in [1.82, 2.24) is 20.4 Å². The van der Waals surface area contributed by atoms with E-state index >= 15 is 19.2 Å². The van der Waals surface area contributed by atoms with Crippen molar-refractivity contribution in [1.29, 1.82) is 0 Å². The maximum absolute atomic E-state index is 16.2. The van der Waals surface area contributed by atoms with Crippen molar-refractivity contribution in [3.8, 4) is 46.0 Å². The number of halogens is 2. The number of carbonyl (C=O) groups excluding carboxylic acids is 12. The zero-order chi connectivity index (χ0) is 76.3. The van der Waals surface area contributed by atoms with Gasteiger partial charge in [0, 0.05) is 43.1 Å². The standard InChI is InChI=1S/C78H66Cl2N4O22/c1-37(2)27-53(67(85)81-23-25-101-73(91)39(5)79)83-69(87)49-33-55(103-45-19-11-15-41(29-45)75(93)97-7)61-63-57(105-47-21-13-17-43(31-47)77(95)99-9)35-51-60-52(72(90)84(71(51)89)54(28-38(3)4)68(86)82-24-26-102-74(92)40(6)80)36-58(106-48-22-14-18-44(32-48)78(96)100-10)64(66(60)63)62-56(34-50(70(83)88)59(49)65(61)62)104-46-20-12-16-42(30-46)76(94)98-8/h11-22,29-38,53-54H,5-6,23-28H2,1-4,7-10H3,(H,81,85)(H,82,86). The first kappa shape index (κ1) is 74.8. The average molecular weight is 1480 g/mol. The second-order valence-electron chi connectivity index (χ2n) is 25.1. The molecular weight excluding hydrogens is 1420 g/mol. The number of carbonyl (C=O) groups is 12. The number of benzene rings is 9. The minimum atomic E-state index is -1.60. The quantitative estimate of drug-likeness (QED) is 0.00875. The number of methoxy groups -OCH3 is 4. The van der Waals surface area contributed by atoms with E-state index in [0.717, 1.165) is 9.80 Å². The van der Waals surface area contributed by atoms with E-state index in [4.69, 9.17) is 70.6 Å². The molecule has 6 amide bonds. The molecule has 26 nitrogen and oxygen atoms in total. The maximum Gasteiger partial charge on any atom is 0.349 e. The van der Waals surface area contributed by atoms with Crippen LogP contribution in [0, 0.1) is 11.8 Å². The first-order chi connectivity index (χ1) is 50.7. The van der Waals surface area contributed by atoms with E-state index in [0.29, 0.717) is 0 Å². The predicted octanol–water partition coefficient (Wildman–Crippen LogP) is 12.9. The highest BCUT2D eigenvalue weighted by atomic mass is 35.5.